The summed E-state index contributed by atoms with van der Waals surface area (Å²) in [5, 5.41) is 0. The molecule has 0 fully saturated rings. The molecule has 0 aliphatic rings. The summed E-state index contributed by atoms with van der Waals surface area (Å²) in [5.41, 5.74) is 5.25. The van der Waals surface area contributed by atoms with Crippen molar-refractivity contribution in [2.45, 2.75) is 0 Å². The van der Waals surface area contributed by atoms with Gasteiger partial charge in [0.2, 0.25) is 0 Å². The van der Waals surface area contributed by atoms with Gasteiger partial charge in [-0.05, 0) is 0 Å². The zero-order valence-corrected chi connectivity index (χ0v) is 6.58. The van der Waals surface area contributed by atoms with Gasteiger partial charge in [0.1, 0.15) is 5.82 Å². The number of rotatable bonds is 0. The minimum absolute atomic E-state index is 0. The second-order valence-electron chi connectivity index (χ2n) is 1.46. The van der Waals surface area contributed by atoms with Gasteiger partial charge in [-0.2, -0.15) is 0 Å². The highest BCUT2D eigenvalue weighted by molar-refractivity contribution is 5.85. The predicted octanol–water partition coefficient (Wildman–Crippen LogP) is 0.846. The van der Waals surface area contributed by atoms with E-state index in [2.05, 4.69) is 4.98 Å². The Morgan fingerprint density at radius 2 is 2.11 bits per heavy atom. The molecule has 0 spiro atoms. The van der Waals surface area contributed by atoms with Crippen molar-refractivity contribution in [3.8, 4) is 0 Å². The molecule has 0 aliphatic carbocycles. The summed E-state index contributed by atoms with van der Waals surface area (Å²) in [6, 6.07) is 0. The van der Waals surface area contributed by atoms with Crippen molar-refractivity contribution >= 4 is 30.6 Å². The third-order valence-electron chi connectivity index (χ3n) is 0.725. The number of nitrogens with two attached hydrogens (primary N) is 1. The minimum atomic E-state index is 0. The topological polar surface area (TPSA) is 43.8 Å². The van der Waals surface area contributed by atoms with Crippen LogP contribution in [0.4, 0.5) is 5.82 Å². The lowest BCUT2D eigenvalue weighted by Gasteiger charge is -1.78. The number of hydrogen-bond acceptors (Lipinski definition) is 2. The molecular weight excluding hydrogens is 161 g/mol. The first kappa shape index (κ1) is 11.4. The second kappa shape index (κ2) is 4.47. The fourth-order valence-electron chi connectivity index (χ4n) is 0.433. The first-order chi connectivity index (χ1) is 3.29. The number of aromatic nitrogens is 2. The number of nitrogens with zero attached hydrogens (tertiary/aromatic N) is 2. The van der Waals surface area contributed by atoms with E-state index in [1.54, 1.807) is 17.1 Å². The molecular formula is C4H9Cl2N3. The summed E-state index contributed by atoms with van der Waals surface area (Å²) >= 11 is 0. The lowest BCUT2D eigenvalue weighted by Crippen LogP contribution is -1.81. The molecule has 1 aromatic heterocycles. The fraction of sp³-hybridized carbons (Fsp3) is 0.250. The molecule has 0 saturated heterocycles. The zero-order valence-electron chi connectivity index (χ0n) is 4.94. The van der Waals surface area contributed by atoms with Crippen LogP contribution in [-0.2, 0) is 7.05 Å². The average Bonchev–Trinajstić information content (AvgIpc) is 1.87. The smallest absolute Gasteiger partial charge is 0.141 e. The van der Waals surface area contributed by atoms with Crippen molar-refractivity contribution in [3.63, 3.8) is 0 Å². The first-order valence-corrected chi connectivity index (χ1v) is 2.02. The number of imidazole rings is 1. The lowest BCUT2D eigenvalue weighted by molar-refractivity contribution is 0.913. The number of hydrogen-bond donors (Lipinski definition) is 1. The molecule has 0 amide bonds. The minimum Gasteiger partial charge on any atom is -0.382 e. The third-order valence-corrected chi connectivity index (χ3v) is 0.725. The van der Waals surface area contributed by atoms with Gasteiger partial charge in [-0.15, -0.1) is 24.8 Å². The summed E-state index contributed by atoms with van der Waals surface area (Å²) < 4.78 is 1.80. The van der Waals surface area contributed by atoms with Gasteiger partial charge in [-0.1, -0.05) is 0 Å². The van der Waals surface area contributed by atoms with Crippen molar-refractivity contribution in [1.82, 2.24) is 9.55 Å². The Hall–Kier alpha value is -0.410. The van der Waals surface area contributed by atoms with Crippen LogP contribution in [0, 0.1) is 0 Å². The van der Waals surface area contributed by atoms with E-state index in [1.165, 1.54) is 0 Å². The Morgan fingerprint density at radius 1 is 1.56 bits per heavy atom. The first-order valence-electron chi connectivity index (χ1n) is 2.02. The van der Waals surface area contributed by atoms with Crippen LogP contribution in [0.5, 0.6) is 0 Å². The molecule has 0 aliphatic heterocycles. The van der Waals surface area contributed by atoms with Crippen LogP contribution in [0.15, 0.2) is 12.5 Å². The van der Waals surface area contributed by atoms with Crippen LogP contribution in [0.2, 0.25) is 0 Å². The Kier molecular flexibility index (Phi) is 5.66. The van der Waals surface area contributed by atoms with Crippen molar-refractivity contribution in [2.24, 2.45) is 7.05 Å². The van der Waals surface area contributed by atoms with Gasteiger partial charge in [0, 0.05) is 13.2 Å². The fourth-order valence-corrected chi connectivity index (χ4v) is 0.433. The highest BCUT2D eigenvalue weighted by Gasteiger charge is 1.82. The highest BCUT2D eigenvalue weighted by atomic mass is 35.5. The Morgan fingerprint density at radius 3 is 2.22 bits per heavy atom. The molecule has 1 rings (SSSR count). The maximum atomic E-state index is 5.25. The van der Waals surface area contributed by atoms with E-state index in [0.29, 0.717) is 5.82 Å². The number of halogens is 2. The van der Waals surface area contributed by atoms with Gasteiger partial charge in [0.25, 0.3) is 0 Å². The quantitative estimate of drug-likeness (QED) is 0.627. The van der Waals surface area contributed by atoms with Crippen LogP contribution in [0.25, 0.3) is 0 Å². The van der Waals surface area contributed by atoms with E-state index in [-0.39, 0.29) is 24.8 Å². The summed E-state index contributed by atoms with van der Waals surface area (Å²) in [4.78, 5) is 3.76. The molecule has 1 heterocycles. The van der Waals surface area contributed by atoms with Gasteiger partial charge in [-0.3, -0.25) is 0 Å². The molecule has 3 nitrogen and oxygen atoms in total. The molecule has 0 saturated carbocycles. The van der Waals surface area contributed by atoms with Crippen molar-refractivity contribution in [1.29, 1.82) is 0 Å². The van der Waals surface area contributed by atoms with Gasteiger partial charge in [0.15, 0.2) is 0 Å². The van der Waals surface area contributed by atoms with Crippen LogP contribution in [0.1, 0.15) is 0 Å². The summed E-state index contributed by atoms with van der Waals surface area (Å²) in [7, 11) is 1.88. The number of anilines is 1. The van der Waals surface area contributed by atoms with E-state index in [4.69, 9.17) is 5.73 Å². The Bertz CT molecular complexity index is 146. The van der Waals surface area contributed by atoms with E-state index >= 15 is 0 Å². The normalized spacial score (nSPS) is 7.22. The van der Waals surface area contributed by atoms with Crippen LogP contribution in [-0.4, -0.2) is 9.55 Å². The van der Waals surface area contributed by atoms with Gasteiger partial charge < -0.3 is 10.3 Å². The maximum Gasteiger partial charge on any atom is 0.141 e. The van der Waals surface area contributed by atoms with E-state index in [9.17, 15) is 0 Å². The molecule has 0 bridgehead atoms. The third kappa shape index (κ3) is 3.21. The predicted molar refractivity (Wildman–Crippen MR) is 42.1 cm³/mol. The van der Waals surface area contributed by atoms with E-state index in [0.717, 1.165) is 0 Å². The second-order valence-corrected chi connectivity index (χ2v) is 1.46. The molecule has 2 N–H and O–H groups in total. The monoisotopic (exact) mass is 169 g/mol. The molecule has 54 valence electrons. The Balaban J connectivity index is 0. The maximum absolute atomic E-state index is 5.25. The van der Waals surface area contributed by atoms with Gasteiger partial charge in [0.05, 0.1) is 6.33 Å². The molecule has 0 unspecified atom stereocenters. The molecule has 1 aromatic rings. The largest absolute Gasteiger partial charge is 0.382 e. The van der Waals surface area contributed by atoms with E-state index < -0.39 is 0 Å². The van der Waals surface area contributed by atoms with Crippen LogP contribution >= 0.6 is 24.8 Å². The van der Waals surface area contributed by atoms with E-state index in [1.807, 2.05) is 7.05 Å². The molecule has 0 atom stereocenters. The molecule has 0 radical (unpaired) electrons. The van der Waals surface area contributed by atoms with Crippen molar-refractivity contribution in [2.75, 3.05) is 5.73 Å². The molecule has 5 heteroatoms. The van der Waals surface area contributed by atoms with Crippen molar-refractivity contribution < 1.29 is 0 Å². The molecule has 9 heavy (non-hydrogen) atoms. The lowest BCUT2D eigenvalue weighted by atomic mass is 10.8. The summed E-state index contributed by atoms with van der Waals surface area (Å²) in [6.07, 6.45) is 3.41. The average molecular weight is 170 g/mol. The zero-order chi connectivity index (χ0) is 5.28. The SMILES string of the molecule is Cl.Cl.Cn1cnc(N)c1. The Labute approximate surface area is 66.1 Å². The van der Waals surface area contributed by atoms with Gasteiger partial charge in [-0.25, -0.2) is 4.98 Å². The molecule has 0 aromatic carbocycles. The summed E-state index contributed by atoms with van der Waals surface area (Å²) in [5.74, 6) is 0.572. The standard InChI is InChI=1S/C4H7N3.2ClH/c1-7-2-4(5)6-3-7;;/h2-3H,5H2,1H3;2*1H. The number of aryl methyl sites for hydroxylation is 1. The summed E-state index contributed by atoms with van der Waals surface area (Å²) in [6.45, 7) is 0. The van der Waals surface area contributed by atoms with Crippen molar-refractivity contribution in [3.05, 3.63) is 12.5 Å². The number of nitrogen functional groups attached to an aromatic ring is 1. The van der Waals surface area contributed by atoms with Crippen LogP contribution < -0.4 is 5.73 Å². The highest BCUT2D eigenvalue weighted by Crippen LogP contribution is 1.90. The van der Waals surface area contributed by atoms with Crippen LogP contribution in [0.3, 0.4) is 0 Å². The van der Waals surface area contributed by atoms with Gasteiger partial charge >= 0.3 is 0 Å².